The molecule has 9 nitrogen and oxygen atoms in total. The van der Waals surface area contributed by atoms with Crippen LogP contribution in [0, 0.1) is 6.92 Å². The van der Waals surface area contributed by atoms with Gasteiger partial charge < -0.3 is 9.32 Å². The summed E-state index contributed by atoms with van der Waals surface area (Å²) in [4.78, 5) is 23.2. The summed E-state index contributed by atoms with van der Waals surface area (Å²) in [6, 6.07) is 1.89. The van der Waals surface area contributed by atoms with Crippen molar-refractivity contribution < 1.29 is 17.6 Å². The number of hydrogen-bond acceptors (Lipinski definition) is 7. The molecular weight excluding hydrogens is 406 g/mol. The maximum Gasteiger partial charge on any atom is 0.257 e. The highest BCUT2D eigenvalue weighted by atomic mass is 32.2. The van der Waals surface area contributed by atoms with Crippen LogP contribution in [0.3, 0.4) is 0 Å². The molecule has 0 N–H and O–H groups in total. The molecule has 2 aliphatic rings. The largest absolute Gasteiger partial charge is 0.465 e. The van der Waals surface area contributed by atoms with Crippen LogP contribution >= 0.6 is 0 Å². The van der Waals surface area contributed by atoms with Gasteiger partial charge in [0.25, 0.3) is 11.7 Å². The standard InChI is InChI=1S/C20H23N5O4S/c1-12-15(9-16(29-12)13-3-4-13)19(26)24-7-5-14(6-8-24)18-17(30(2,27)28)10-21-20-22-11-23-25(18)20/h9-11,13-14H,3-8H2,1-2H3. The highest BCUT2D eigenvalue weighted by Crippen LogP contribution is 2.42. The number of piperidine rings is 1. The fraction of sp³-hybridized carbons (Fsp3) is 0.500. The van der Waals surface area contributed by atoms with E-state index in [-0.39, 0.29) is 16.7 Å². The Morgan fingerprint density at radius 3 is 2.53 bits per heavy atom. The number of hydrogen-bond donors (Lipinski definition) is 0. The predicted molar refractivity (Wildman–Crippen MR) is 107 cm³/mol. The molecule has 0 unspecified atom stereocenters. The van der Waals surface area contributed by atoms with Crippen molar-refractivity contribution in [3.8, 4) is 0 Å². The Bertz CT molecular complexity index is 1230. The average molecular weight is 430 g/mol. The van der Waals surface area contributed by atoms with Crippen molar-refractivity contribution in [3.05, 3.63) is 41.4 Å². The average Bonchev–Trinajstić information content (AvgIpc) is 3.32. The minimum absolute atomic E-state index is 0.0226. The number of nitrogens with zero attached hydrogens (tertiary/aromatic N) is 5. The summed E-state index contributed by atoms with van der Waals surface area (Å²) in [7, 11) is -3.47. The highest BCUT2D eigenvalue weighted by molar-refractivity contribution is 7.90. The van der Waals surface area contributed by atoms with Gasteiger partial charge in [0.1, 0.15) is 22.7 Å². The molecule has 0 radical (unpaired) electrons. The van der Waals surface area contributed by atoms with E-state index < -0.39 is 9.84 Å². The second kappa shape index (κ2) is 6.90. The molecule has 158 valence electrons. The molecule has 1 aliphatic heterocycles. The number of carbonyl (C=O) groups excluding carboxylic acids is 1. The van der Waals surface area contributed by atoms with Crippen LogP contribution in [-0.2, 0) is 9.84 Å². The molecule has 30 heavy (non-hydrogen) atoms. The van der Waals surface area contributed by atoms with E-state index in [4.69, 9.17) is 4.42 Å². The van der Waals surface area contributed by atoms with Gasteiger partial charge in [-0.2, -0.15) is 14.6 Å². The van der Waals surface area contributed by atoms with Gasteiger partial charge >= 0.3 is 0 Å². The number of rotatable bonds is 4. The first-order valence-electron chi connectivity index (χ1n) is 10.1. The minimum atomic E-state index is -3.47. The zero-order chi connectivity index (χ0) is 21.0. The molecule has 0 atom stereocenters. The lowest BCUT2D eigenvalue weighted by Crippen LogP contribution is -2.38. The Morgan fingerprint density at radius 1 is 1.13 bits per heavy atom. The van der Waals surface area contributed by atoms with Crippen LogP contribution in [0.2, 0.25) is 0 Å². The molecule has 0 bridgehead atoms. The normalized spacial score (nSPS) is 18.3. The second-order valence-corrected chi connectivity index (χ2v) is 10.2. The summed E-state index contributed by atoms with van der Waals surface area (Å²) < 4.78 is 32.0. The van der Waals surface area contributed by atoms with Gasteiger partial charge in [0.15, 0.2) is 9.84 Å². The van der Waals surface area contributed by atoms with E-state index in [0.717, 1.165) is 18.6 Å². The monoisotopic (exact) mass is 429 g/mol. The van der Waals surface area contributed by atoms with E-state index in [1.54, 1.807) is 0 Å². The summed E-state index contributed by atoms with van der Waals surface area (Å²) in [6.45, 7) is 2.91. The molecule has 1 aliphatic carbocycles. The fourth-order valence-electron chi connectivity index (χ4n) is 4.25. The van der Waals surface area contributed by atoms with Crippen molar-refractivity contribution >= 4 is 21.5 Å². The van der Waals surface area contributed by atoms with Crippen molar-refractivity contribution in [3.63, 3.8) is 0 Å². The summed E-state index contributed by atoms with van der Waals surface area (Å²) in [5, 5.41) is 4.19. The predicted octanol–water partition coefficient (Wildman–Crippen LogP) is 2.33. The Balaban J connectivity index is 1.39. The molecule has 3 aromatic rings. The van der Waals surface area contributed by atoms with Gasteiger partial charge in [0, 0.05) is 31.2 Å². The Hall–Kier alpha value is -2.75. The van der Waals surface area contributed by atoms with Gasteiger partial charge in [-0.15, -0.1) is 0 Å². The van der Waals surface area contributed by atoms with Crippen LogP contribution < -0.4 is 0 Å². The number of carbonyl (C=O) groups is 1. The van der Waals surface area contributed by atoms with Gasteiger partial charge in [-0.1, -0.05) is 0 Å². The molecular formula is C20H23N5O4S. The first kappa shape index (κ1) is 19.2. The molecule has 4 heterocycles. The zero-order valence-electron chi connectivity index (χ0n) is 16.9. The molecule has 3 aromatic heterocycles. The number of amides is 1. The quantitative estimate of drug-likeness (QED) is 0.626. The first-order valence-corrected chi connectivity index (χ1v) is 12.0. The van der Waals surface area contributed by atoms with E-state index in [1.807, 2.05) is 17.9 Å². The van der Waals surface area contributed by atoms with Gasteiger partial charge in [-0.25, -0.2) is 13.4 Å². The van der Waals surface area contributed by atoms with Crippen molar-refractivity contribution in [1.29, 1.82) is 0 Å². The van der Waals surface area contributed by atoms with Crippen molar-refractivity contribution in [2.24, 2.45) is 0 Å². The molecule has 1 saturated carbocycles. The Morgan fingerprint density at radius 2 is 1.87 bits per heavy atom. The maximum atomic E-state index is 13.0. The van der Waals surface area contributed by atoms with Crippen LogP contribution in [0.15, 0.2) is 27.9 Å². The summed E-state index contributed by atoms with van der Waals surface area (Å²) in [5.74, 6) is 2.33. The van der Waals surface area contributed by atoms with Gasteiger partial charge in [0.05, 0.1) is 17.5 Å². The van der Waals surface area contributed by atoms with Crippen molar-refractivity contribution in [2.45, 2.75) is 49.3 Å². The minimum Gasteiger partial charge on any atom is -0.465 e. The maximum absolute atomic E-state index is 13.0. The van der Waals surface area contributed by atoms with Gasteiger partial charge in [-0.05, 0) is 38.7 Å². The highest BCUT2D eigenvalue weighted by Gasteiger charge is 2.33. The van der Waals surface area contributed by atoms with E-state index in [0.29, 0.717) is 54.6 Å². The summed E-state index contributed by atoms with van der Waals surface area (Å²) in [6.07, 6.45) is 7.43. The third-order valence-corrected chi connectivity index (χ3v) is 7.14. The Kier molecular flexibility index (Phi) is 4.42. The topological polar surface area (TPSA) is 111 Å². The van der Waals surface area contributed by atoms with Crippen LogP contribution in [0.25, 0.3) is 5.78 Å². The lowest BCUT2D eigenvalue weighted by Gasteiger charge is -2.32. The molecule has 5 rings (SSSR count). The molecule has 0 spiro atoms. The van der Waals surface area contributed by atoms with Gasteiger partial charge in [0.2, 0.25) is 0 Å². The fourth-order valence-corrected chi connectivity index (χ4v) is 5.13. The molecule has 2 fully saturated rings. The SMILES string of the molecule is Cc1oc(C2CC2)cc1C(=O)N1CCC(c2c(S(C)(=O)=O)cnc3ncnn23)CC1. The molecule has 1 amide bonds. The van der Waals surface area contributed by atoms with Crippen molar-refractivity contribution in [1.82, 2.24) is 24.5 Å². The first-order chi connectivity index (χ1) is 14.3. The van der Waals surface area contributed by atoms with E-state index >= 15 is 0 Å². The number of furan rings is 1. The number of likely N-dealkylation sites (tertiary alicyclic amines) is 1. The number of aryl methyl sites for hydroxylation is 1. The van der Waals surface area contributed by atoms with Crippen LogP contribution in [0.4, 0.5) is 0 Å². The zero-order valence-corrected chi connectivity index (χ0v) is 17.7. The van der Waals surface area contributed by atoms with E-state index in [9.17, 15) is 13.2 Å². The number of aromatic nitrogens is 4. The van der Waals surface area contributed by atoms with E-state index in [2.05, 4.69) is 15.1 Å². The lowest BCUT2D eigenvalue weighted by molar-refractivity contribution is 0.0709. The molecule has 0 aromatic carbocycles. The Labute approximate surface area is 174 Å². The van der Waals surface area contributed by atoms with Crippen LogP contribution in [0.1, 0.15) is 65.1 Å². The third kappa shape index (κ3) is 3.28. The summed E-state index contributed by atoms with van der Waals surface area (Å²) >= 11 is 0. The van der Waals surface area contributed by atoms with Crippen molar-refractivity contribution in [2.75, 3.05) is 19.3 Å². The second-order valence-electron chi connectivity index (χ2n) is 8.21. The van der Waals surface area contributed by atoms with E-state index in [1.165, 1.54) is 23.3 Å². The van der Waals surface area contributed by atoms with Gasteiger partial charge in [-0.3, -0.25) is 4.79 Å². The number of fused-ring (bicyclic) bond motifs is 1. The summed E-state index contributed by atoms with van der Waals surface area (Å²) in [5.41, 5.74) is 1.23. The van der Waals surface area contributed by atoms with Crippen LogP contribution in [-0.4, -0.2) is 58.2 Å². The van der Waals surface area contributed by atoms with Crippen LogP contribution in [0.5, 0.6) is 0 Å². The molecule has 10 heteroatoms. The lowest BCUT2D eigenvalue weighted by atomic mass is 9.92. The molecule has 1 saturated heterocycles. The smallest absolute Gasteiger partial charge is 0.257 e. The number of sulfone groups is 1. The third-order valence-electron chi connectivity index (χ3n) is 6.02.